The molecule has 0 atom stereocenters. The summed E-state index contributed by atoms with van der Waals surface area (Å²) in [6.07, 6.45) is 21.3. The lowest BCUT2D eigenvalue weighted by atomic mass is 10.0. The minimum Gasteiger partial charge on any atom is -0.493 e. The van der Waals surface area contributed by atoms with E-state index in [0.717, 1.165) is 19.3 Å². The number of hydrogen-bond acceptors (Lipinski definition) is 4. The van der Waals surface area contributed by atoms with Gasteiger partial charge in [0.05, 0.1) is 15.7 Å². The van der Waals surface area contributed by atoms with E-state index >= 15 is 0 Å². The fourth-order valence-corrected chi connectivity index (χ4v) is 7.09. The Morgan fingerprint density at radius 2 is 1.21 bits per heavy atom. The normalized spacial score (nSPS) is 11.4. The monoisotopic (exact) mass is 702 g/mol. The third kappa shape index (κ3) is 10.5. The number of H-pyrrole nitrogens is 1. The molecular weight excluding hydrogens is 655 g/mol. The largest absolute Gasteiger partial charge is 0.493 e. The van der Waals surface area contributed by atoms with E-state index in [1.54, 1.807) is 6.07 Å². The van der Waals surface area contributed by atoms with Crippen LogP contribution in [0.4, 0.5) is 11.5 Å². The molecule has 2 heterocycles. The molecule has 0 fully saturated rings. The van der Waals surface area contributed by atoms with Gasteiger partial charge in [-0.05, 0) is 37.1 Å². The molecule has 0 unspecified atom stereocenters. The minimum atomic E-state index is -0.438. The number of benzene rings is 2. The smallest absolute Gasteiger partial charge is 0.273 e. The summed E-state index contributed by atoms with van der Waals surface area (Å²) in [7, 11) is 0. The van der Waals surface area contributed by atoms with Crippen LogP contribution in [0.2, 0.25) is 15.1 Å². The highest BCUT2D eigenvalue weighted by Crippen LogP contribution is 2.37. The molecule has 0 aliphatic carbocycles. The van der Waals surface area contributed by atoms with E-state index in [1.807, 2.05) is 30.3 Å². The third-order valence-corrected chi connectivity index (χ3v) is 9.44. The Morgan fingerprint density at radius 3 is 1.74 bits per heavy atom. The summed E-state index contributed by atoms with van der Waals surface area (Å²) in [5.74, 6) is 0.0240. The summed E-state index contributed by atoms with van der Waals surface area (Å²) < 4.78 is 2.50. The number of aromatic nitrogens is 3. The highest BCUT2D eigenvalue weighted by molar-refractivity contribution is 6.40. The first-order valence-corrected chi connectivity index (χ1v) is 18.4. The van der Waals surface area contributed by atoms with Crippen molar-refractivity contribution in [2.45, 2.75) is 116 Å². The number of nitrogens with one attached hydrogen (secondary N) is 1. The molecule has 0 aliphatic heterocycles. The number of unbranched alkanes of at least 4 members (excludes halogenated alkanes) is 15. The zero-order chi connectivity index (χ0) is 33.6. The number of para-hydroxylation sites is 1. The molecule has 0 spiro atoms. The lowest BCUT2D eigenvalue weighted by Crippen LogP contribution is -2.24. The number of rotatable bonds is 21. The highest BCUT2D eigenvalue weighted by Gasteiger charge is 2.25. The lowest BCUT2D eigenvalue weighted by Gasteiger charge is -2.25. The molecule has 3 N–H and O–H groups in total. The Bertz CT molecular complexity index is 1560. The summed E-state index contributed by atoms with van der Waals surface area (Å²) in [4.78, 5) is 13.2. The lowest BCUT2D eigenvalue weighted by molar-refractivity contribution is 0.377. The van der Waals surface area contributed by atoms with Crippen LogP contribution in [0.15, 0.2) is 59.4 Å². The summed E-state index contributed by atoms with van der Waals surface area (Å²) in [5.41, 5.74) is 1.04. The maximum atomic E-state index is 13.2. The van der Waals surface area contributed by atoms with Gasteiger partial charge < -0.3 is 10.2 Å². The van der Waals surface area contributed by atoms with Gasteiger partial charge in [-0.2, -0.15) is 4.68 Å². The van der Waals surface area contributed by atoms with Crippen LogP contribution in [0.1, 0.15) is 115 Å². The Kier molecular flexibility index (Phi) is 15.0. The van der Waals surface area contributed by atoms with Gasteiger partial charge in [-0.25, -0.2) is 9.69 Å². The Hall–Kier alpha value is -3.00. The summed E-state index contributed by atoms with van der Waals surface area (Å²) >= 11 is 18.9. The average molecular weight is 704 g/mol. The standard InChI is InChI=1S/C37H49Cl3N4O3/c1-2-3-4-5-6-7-8-9-10-11-12-13-14-15-16-18-21-28-24-35(46)44(37(28)47)43(30-22-19-17-20-23-30)33-27-34(45)42(41-33)36-31(39)25-29(38)26-32(36)40/h17,19-20,22-27,41,46-47H,2-16,18,21H2,1H3. The number of anilines is 2. The van der Waals surface area contributed by atoms with Gasteiger partial charge in [0.2, 0.25) is 11.8 Å². The van der Waals surface area contributed by atoms with Gasteiger partial charge in [-0.1, -0.05) is 156 Å². The Balaban J connectivity index is 1.31. The van der Waals surface area contributed by atoms with Crippen molar-refractivity contribution in [1.82, 2.24) is 14.5 Å². The van der Waals surface area contributed by atoms with Crippen molar-refractivity contribution in [2.75, 3.05) is 5.01 Å². The van der Waals surface area contributed by atoms with Crippen molar-refractivity contribution >= 4 is 46.3 Å². The second kappa shape index (κ2) is 19.1. The number of aromatic hydroxyl groups is 2. The molecular formula is C37H49Cl3N4O3. The van der Waals surface area contributed by atoms with Crippen molar-refractivity contribution in [1.29, 1.82) is 0 Å². The molecule has 0 radical (unpaired) electrons. The minimum absolute atomic E-state index is 0.0940. The number of aryl methyl sites for hydroxylation is 1. The fraction of sp³-hybridized carbons (Fsp3) is 0.486. The summed E-state index contributed by atoms with van der Waals surface area (Å²) in [6.45, 7) is 2.27. The number of nitrogens with zero attached hydrogens (tertiary/aromatic N) is 3. The zero-order valence-electron chi connectivity index (χ0n) is 27.5. The van der Waals surface area contributed by atoms with Gasteiger partial charge in [0, 0.05) is 22.7 Å². The molecule has 47 heavy (non-hydrogen) atoms. The van der Waals surface area contributed by atoms with Gasteiger partial charge in [-0.3, -0.25) is 9.89 Å². The molecule has 0 aliphatic rings. The fourth-order valence-electron chi connectivity index (χ4n) is 6.11. The Morgan fingerprint density at radius 1 is 0.702 bits per heavy atom. The van der Waals surface area contributed by atoms with Crippen LogP contribution in [0.5, 0.6) is 11.8 Å². The topological polar surface area (TPSA) is 86.4 Å². The molecule has 0 bridgehead atoms. The molecule has 0 amide bonds. The van der Waals surface area contributed by atoms with Crippen molar-refractivity contribution in [2.24, 2.45) is 0 Å². The van der Waals surface area contributed by atoms with Gasteiger partial charge in [0.15, 0.2) is 5.82 Å². The van der Waals surface area contributed by atoms with E-state index < -0.39 is 5.56 Å². The second-order valence-electron chi connectivity index (χ2n) is 12.4. The maximum absolute atomic E-state index is 13.2. The van der Waals surface area contributed by atoms with E-state index in [2.05, 4.69) is 12.0 Å². The van der Waals surface area contributed by atoms with Gasteiger partial charge in [0.1, 0.15) is 5.69 Å². The first-order chi connectivity index (χ1) is 22.8. The molecule has 0 saturated heterocycles. The van der Waals surface area contributed by atoms with E-state index in [4.69, 9.17) is 34.8 Å². The Labute approximate surface area is 294 Å². The van der Waals surface area contributed by atoms with Crippen LogP contribution >= 0.6 is 34.8 Å². The molecule has 2 aromatic heterocycles. The van der Waals surface area contributed by atoms with E-state index in [-0.39, 0.29) is 33.3 Å². The summed E-state index contributed by atoms with van der Waals surface area (Å²) in [6, 6.07) is 15.1. The van der Waals surface area contributed by atoms with Crippen LogP contribution in [0.25, 0.3) is 5.69 Å². The van der Waals surface area contributed by atoms with Crippen LogP contribution in [-0.2, 0) is 6.42 Å². The molecule has 4 rings (SSSR count). The van der Waals surface area contributed by atoms with Gasteiger partial charge in [-0.15, -0.1) is 0 Å². The van der Waals surface area contributed by atoms with Crippen molar-refractivity contribution in [3.63, 3.8) is 0 Å². The van der Waals surface area contributed by atoms with Crippen LogP contribution < -0.4 is 10.6 Å². The number of hydrogen-bond donors (Lipinski definition) is 3. The quantitative estimate of drug-likeness (QED) is 0.0754. The van der Waals surface area contributed by atoms with Crippen molar-refractivity contribution in [3.8, 4) is 17.4 Å². The molecule has 0 saturated carbocycles. The molecule has 7 nitrogen and oxygen atoms in total. The molecule has 10 heteroatoms. The predicted molar refractivity (Wildman–Crippen MR) is 196 cm³/mol. The maximum Gasteiger partial charge on any atom is 0.273 e. The van der Waals surface area contributed by atoms with E-state index in [1.165, 1.54) is 116 Å². The van der Waals surface area contributed by atoms with Crippen LogP contribution in [-0.4, -0.2) is 24.7 Å². The van der Waals surface area contributed by atoms with Crippen molar-refractivity contribution in [3.05, 3.63) is 85.6 Å². The highest BCUT2D eigenvalue weighted by atomic mass is 35.5. The van der Waals surface area contributed by atoms with Gasteiger partial charge in [0.25, 0.3) is 5.56 Å². The molecule has 256 valence electrons. The summed E-state index contributed by atoms with van der Waals surface area (Å²) in [5, 5.41) is 27.7. The first kappa shape index (κ1) is 36.8. The molecule has 2 aromatic carbocycles. The SMILES string of the molecule is CCCCCCCCCCCCCCCCCCc1cc(O)n(N(c2ccccc2)c2cc(=O)n(-c3c(Cl)cc(Cl)cc3Cl)[nH]2)c1O. The van der Waals surface area contributed by atoms with Crippen molar-refractivity contribution < 1.29 is 10.2 Å². The van der Waals surface area contributed by atoms with E-state index in [0.29, 0.717) is 22.7 Å². The average Bonchev–Trinajstić information content (AvgIpc) is 3.55. The first-order valence-electron chi connectivity index (χ1n) is 17.3. The second-order valence-corrected chi connectivity index (χ2v) is 13.6. The third-order valence-electron chi connectivity index (χ3n) is 8.65. The zero-order valence-corrected chi connectivity index (χ0v) is 29.8. The van der Waals surface area contributed by atoms with Crippen LogP contribution in [0, 0.1) is 0 Å². The molecule has 4 aromatic rings. The number of halogens is 3. The predicted octanol–water partition coefficient (Wildman–Crippen LogP) is 11.7. The van der Waals surface area contributed by atoms with Gasteiger partial charge >= 0.3 is 0 Å². The van der Waals surface area contributed by atoms with E-state index in [9.17, 15) is 15.0 Å². The van der Waals surface area contributed by atoms with Crippen LogP contribution in [0.3, 0.4) is 0 Å². The number of aromatic amines is 1.